The smallest absolute Gasteiger partial charge is 0.224 e. The van der Waals surface area contributed by atoms with E-state index in [1.54, 1.807) is 37.6 Å². The molecule has 0 spiro atoms. The molecular formula is C27H20FN7O. The van der Waals surface area contributed by atoms with E-state index in [9.17, 15) is 9.18 Å². The number of fused-ring (bicyclic) bond motifs is 2. The quantitative estimate of drug-likeness (QED) is 0.294. The molecule has 0 aliphatic rings. The highest BCUT2D eigenvalue weighted by Gasteiger charge is 2.16. The van der Waals surface area contributed by atoms with Gasteiger partial charge in [-0.3, -0.25) is 19.9 Å². The summed E-state index contributed by atoms with van der Waals surface area (Å²) in [5.74, 6) is -0.373. The summed E-state index contributed by atoms with van der Waals surface area (Å²) >= 11 is 0. The van der Waals surface area contributed by atoms with Gasteiger partial charge in [0.15, 0.2) is 0 Å². The molecule has 0 saturated carbocycles. The van der Waals surface area contributed by atoms with Gasteiger partial charge in [0, 0.05) is 40.8 Å². The zero-order chi connectivity index (χ0) is 24.6. The fourth-order valence-corrected chi connectivity index (χ4v) is 4.16. The Kier molecular flexibility index (Phi) is 5.22. The second kappa shape index (κ2) is 8.70. The number of carbonyl (C=O) groups is 1. The third kappa shape index (κ3) is 3.86. The number of pyridine rings is 3. The lowest BCUT2D eigenvalue weighted by molar-refractivity contribution is -0.115. The Bertz CT molecular complexity index is 1740. The van der Waals surface area contributed by atoms with Crippen LogP contribution in [0.15, 0.2) is 73.2 Å². The number of halogens is 1. The SMILES string of the molecule is CCC(=O)Nc1cncc(-c2ccc3[nH]nc(-c4cc5c(-c6ccc(F)cc6)nccc5[nH]4)c3n2)c1. The fraction of sp³-hybridized carbons (Fsp3) is 0.0741. The molecule has 0 atom stereocenters. The number of amides is 1. The normalized spacial score (nSPS) is 11.3. The van der Waals surface area contributed by atoms with Crippen LogP contribution in [0.25, 0.3) is 55.8 Å². The summed E-state index contributed by atoms with van der Waals surface area (Å²) < 4.78 is 13.4. The molecule has 0 aliphatic heterocycles. The van der Waals surface area contributed by atoms with E-state index in [0.29, 0.717) is 29.0 Å². The van der Waals surface area contributed by atoms with Gasteiger partial charge in [-0.05, 0) is 54.6 Å². The number of hydrogen-bond donors (Lipinski definition) is 3. The summed E-state index contributed by atoms with van der Waals surface area (Å²) in [5.41, 5.74) is 7.47. The van der Waals surface area contributed by atoms with Gasteiger partial charge >= 0.3 is 0 Å². The second-order valence-corrected chi connectivity index (χ2v) is 8.34. The first kappa shape index (κ1) is 21.6. The molecule has 0 aliphatic carbocycles. The Balaban J connectivity index is 1.42. The number of aromatic nitrogens is 6. The van der Waals surface area contributed by atoms with Crippen molar-refractivity contribution in [2.45, 2.75) is 13.3 Å². The molecule has 0 unspecified atom stereocenters. The van der Waals surface area contributed by atoms with Gasteiger partial charge in [0.2, 0.25) is 5.91 Å². The van der Waals surface area contributed by atoms with Crippen LogP contribution in [-0.2, 0) is 4.79 Å². The molecule has 0 bridgehead atoms. The van der Waals surface area contributed by atoms with Gasteiger partial charge in [-0.25, -0.2) is 9.37 Å². The first-order chi connectivity index (χ1) is 17.6. The summed E-state index contributed by atoms with van der Waals surface area (Å²) in [4.78, 5) is 28.8. The highest BCUT2D eigenvalue weighted by Crippen LogP contribution is 2.33. The number of anilines is 1. The molecule has 0 saturated heterocycles. The molecule has 6 aromatic rings. The Morgan fingerprint density at radius 3 is 2.67 bits per heavy atom. The van der Waals surface area contributed by atoms with Crippen molar-refractivity contribution in [3.63, 3.8) is 0 Å². The van der Waals surface area contributed by atoms with Crippen LogP contribution in [0.3, 0.4) is 0 Å². The molecule has 36 heavy (non-hydrogen) atoms. The average Bonchev–Trinajstić information content (AvgIpc) is 3.53. The largest absolute Gasteiger partial charge is 0.353 e. The van der Waals surface area contributed by atoms with Crippen LogP contribution < -0.4 is 5.32 Å². The molecule has 176 valence electrons. The van der Waals surface area contributed by atoms with Crippen LogP contribution in [0.5, 0.6) is 0 Å². The first-order valence-corrected chi connectivity index (χ1v) is 11.4. The summed E-state index contributed by atoms with van der Waals surface area (Å²) in [7, 11) is 0. The van der Waals surface area contributed by atoms with Gasteiger partial charge in [-0.2, -0.15) is 5.10 Å². The van der Waals surface area contributed by atoms with Crippen molar-refractivity contribution in [2.75, 3.05) is 5.32 Å². The lowest BCUT2D eigenvalue weighted by Gasteiger charge is -2.06. The van der Waals surface area contributed by atoms with Gasteiger partial charge in [0.25, 0.3) is 0 Å². The van der Waals surface area contributed by atoms with Crippen molar-refractivity contribution in [1.82, 2.24) is 30.1 Å². The van der Waals surface area contributed by atoms with E-state index in [-0.39, 0.29) is 11.7 Å². The zero-order valence-electron chi connectivity index (χ0n) is 19.2. The van der Waals surface area contributed by atoms with Gasteiger partial charge in [0.1, 0.15) is 17.0 Å². The maximum absolute atomic E-state index is 13.4. The molecule has 0 fully saturated rings. The number of nitrogens with one attached hydrogen (secondary N) is 3. The molecule has 3 N–H and O–H groups in total. The number of aromatic amines is 2. The molecule has 8 nitrogen and oxygen atoms in total. The third-order valence-electron chi connectivity index (χ3n) is 5.97. The average molecular weight is 478 g/mol. The van der Waals surface area contributed by atoms with Crippen LogP contribution in [-0.4, -0.2) is 36.0 Å². The molecule has 6 rings (SSSR count). The van der Waals surface area contributed by atoms with Gasteiger partial charge < -0.3 is 10.3 Å². The van der Waals surface area contributed by atoms with Crippen molar-refractivity contribution in [2.24, 2.45) is 0 Å². The topological polar surface area (TPSA) is 112 Å². The van der Waals surface area contributed by atoms with E-state index in [1.807, 2.05) is 30.3 Å². The third-order valence-corrected chi connectivity index (χ3v) is 5.97. The van der Waals surface area contributed by atoms with Crippen molar-refractivity contribution in [1.29, 1.82) is 0 Å². The molecule has 5 aromatic heterocycles. The number of H-pyrrole nitrogens is 2. The maximum Gasteiger partial charge on any atom is 0.224 e. The Hall–Kier alpha value is -4.92. The van der Waals surface area contributed by atoms with Gasteiger partial charge in [0.05, 0.1) is 34.5 Å². The molecule has 9 heteroatoms. The van der Waals surface area contributed by atoms with Crippen molar-refractivity contribution in [3.05, 3.63) is 79.0 Å². The Morgan fingerprint density at radius 1 is 0.972 bits per heavy atom. The standard InChI is InChI=1S/C27H20FN7O/c1-2-24(36)31-18-11-16(13-29-14-18)20-7-8-22-26(33-20)27(35-34-22)23-12-19-21(32-23)9-10-30-25(19)15-3-5-17(28)6-4-15/h3-14,32H,2H2,1H3,(H,31,36)(H,34,35). The molecule has 5 heterocycles. The molecular weight excluding hydrogens is 457 g/mol. The minimum absolute atomic E-state index is 0.0808. The fourth-order valence-electron chi connectivity index (χ4n) is 4.16. The van der Waals surface area contributed by atoms with E-state index in [0.717, 1.165) is 38.9 Å². The summed E-state index contributed by atoms with van der Waals surface area (Å²) in [6.45, 7) is 1.80. The van der Waals surface area contributed by atoms with Crippen LogP contribution in [0.2, 0.25) is 0 Å². The Labute approximate surface area is 204 Å². The highest BCUT2D eigenvalue weighted by molar-refractivity contribution is 5.99. The molecule has 1 aromatic carbocycles. The van der Waals surface area contributed by atoms with Crippen molar-refractivity contribution in [3.8, 4) is 33.9 Å². The van der Waals surface area contributed by atoms with Crippen LogP contribution in [0.1, 0.15) is 13.3 Å². The van der Waals surface area contributed by atoms with Gasteiger partial charge in [-0.1, -0.05) is 6.92 Å². The van der Waals surface area contributed by atoms with Crippen LogP contribution in [0, 0.1) is 5.82 Å². The number of nitrogens with zero attached hydrogens (tertiary/aromatic N) is 4. The van der Waals surface area contributed by atoms with Crippen LogP contribution in [0.4, 0.5) is 10.1 Å². The summed E-state index contributed by atoms with van der Waals surface area (Å²) in [6, 6.07) is 15.8. The second-order valence-electron chi connectivity index (χ2n) is 8.34. The van der Waals surface area contributed by atoms with E-state index < -0.39 is 0 Å². The molecule has 0 radical (unpaired) electrons. The number of rotatable bonds is 5. The van der Waals surface area contributed by atoms with Crippen LogP contribution >= 0.6 is 0 Å². The predicted molar refractivity (Wildman–Crippen MR) is 137 cm³/mol. The maximum atomic E-state index is 13.4. The van der Waals surface area contributed by atoms with E-state index in [4.69, 9.17) is 4.98 Å². The van der Waals surface area contributed by atoms with Crippen molar-refractivity contribution >= 4 is 33.5 Å². The minimum Gasteiger partial charge on any atom is -0.353 e. The van der Waals surface area contributed by atoms with E-state index in [1.165, 1.54) is 12.1 Å². The van der Waals surface area contributed by atoms with E-state index >= 15 is 0 Å². The summed E-state index contributed by atoms with van der Waals surface area (Å²) in [6.07, 6.45) is 5.42. The van der Waals surface area contributed by atoms with Crippen molar-refractivity contribution < 1.29 is 9.18 Å². The lowest BCUT2D eigenvalue weighted by atomic mass is 10.1. The summed E-state index contributed by atoms with van der Waals surface area (Å²) in [5, 5.41) is 11.3. The number of carbonyl (C=O) groups excluding carboxylic acids is 1. The lowest BCUT2D eigenvalue weighted by Crippen LogP contribution is -2.09. The van der Waals surface area contributed by atoms with E-state index in [2.05, 4.69) is 30.5 Å². The highest BCUT2D eigenvalue weighted by atomic mass is 19.1. The molecule has 1 amide bonds. The van der Waals surface area contributed by atoms with Gasteiger partial charge in [-0.15, -0.1) is 0 Å². The monoisotopic (exact) mass is 477 g/mol. The number of benzene rings is 1. The Morgan fingerprint density at radius 2 is 1.83 bits per heavy atom. The number of hydrogen-bond acceptors (Lipinski definition) is 5. The predicted octanol–water partition coefficient (Wildman–Crippen LogP) is 5.72. The first-order valence-electron chi connectivity index (χ1n) is 11.4. The minimum atomic E-state index is -0.293. The zero-order valence-corrected chi connectivity index (χ0v) is 19.2.